The van der Waals surface area contributed by atoms with Gasteiger partial charge < -0.3 is 5.32 Å². The summed E-state index contributed by atoms with van der Waals surface area (Å²) in [5.41, 5.74) is 1.35. The summed E-state index contributed by atoms with van der Waals surface area (Å²) in [4.78, 5) is 18.6. The van der Waals surface area contributed by atoms with Gasteiger partial charge in [-0.15, -0.1) is 0 Å². The van der Waals surface area contributed by atoms with E-state index >= 15 is 0 Å². The lowest BCUT2D eigenvalue weighted by Crippen LogP contribution is -2.47. The number of nitrogens with one attached hydrogen (secondary N) is 1. The van der Waals surface area contributed by atoms with Crippen molar-refractivity contribution in [3.63, 3.8) is 0 Å². The van der Waals surface area contributed by atoms with Crippen LogP contribution in [0.1, 0.15) is 24.0 Å². The monoisotopic (exact) mass is 345 g/mol. The van der Waals surface area contributed by atoms with Gasteiger partial charge in [0.15, 0.2) is 0 Å². The lowest BCUT2D eigenvalue weighted by atomic mass is 10.0. The van der Waals surface area contributed by atoms with Crippen molar-refractivity contribution in [1.82, 2.24) is 15.2 Å². The number of hydrogen-bond donors (Lipinski definition) is 1. The van der Waals surface area contributed by atoms with Crippen LogP contribution in [-0.4, -0.2) is 34.9 Å². The summed E-state index contributed by atoms with van der Waals surface area (Å²) in [5, 5.41) is 2.97. The summed E-state index contributed by atoms with van der Waals surface area (Å²) in [6, 6.07) is 7.28. The fraction of sp³-hybridized carbons (Fsp3) is 0.368. The van der Waals surface area contributed by atoms with Crippen LogP contribution in [-0.2, 0) is 17.8 Å². The van der Waals surface area contributed by atoms with Crippen molar-refractivity contribution in [2.24, 2.45) is 0 Å². The first-order chi connectivity index (χ1) is 12.1. The Morgan fingerprint density at radius 2 is 2.20 bits per heavy atom. The van der Waals surface area contributed by atoms with Gasteiger partial charge in [-0.3, -0.25) is 14.7 Å². The van der Waals surface area contributed by atoms with Crippen molar-refractivity contribution in [1.29, 1.82) is 0 Å². The molecule has 4 nitrogen and oxygen atoms in total. The number of piperidine rings is 1. The summed E-state index contributed by atoms with van der Waals surface area (Å²) in [7, 11) is 0. The molecule has 1 amide bonds. The van der Waals surface area contributed by atoms with Crippen LogP contribution in [0.4, 0.5) is 8.78 Å². The molecule has 2 heterocycles. The Morgan fingerprint density at radius 3 is 2.96 bits per heavy atom. The Labute approximate surface area is 145 Å². The number of hydrogen-bond acceptors (Lipinski definition) is 3. The van der Waals surface area contributed by atoms with Gasteiger partial charge in [-0.2, -0.15) is 0 Å². The van der Waals surface area contributed by atoms with Gasteiger partial charge in [-0.05, 0) is 42.6 Å². The van der Waals surface area contributed by atoms with Crippen LogP contribution in [0.25, 0.3) is 0 Å². The zero-order valence-corrected chi connectivity index (χ0v) is 13.9. The van der Waals surface area contributed by atoms with Crippen molar-refractivity contribution in [3.8, 4) is 0 Å². The number of nitrogens with zero attached hydrogens (tertiary/aromatic N) is 2. The molecule has 0 spiro atoms. The van der Waals surface area contributed by atoms with Crippen LogP contribution in [0.2, 0.25) is 0 Å². The molecule has 1 fully saturated rings. The Balaban J connectivity index is 1.52. The van der Waals surface area contributed by atoms with Crippen LogP contribution >= 0.6 is 0 Å². The second-order valence-electron chi connectivity index (χ2n) is 6.42. The van der Waals surface area contributed by atoms with E-state index in [-0.39, 0.29) is 23.9 Å². The molecule has 0 bridgehead atoms. The smallest absolute Gasteiger partial charge is 0.224 e. The Hall–Kier alpha value is -2.34. The van der Waals surface area contributed by atoms with E-state index in [1.165, 1.54) is 12.1 Å². The molecule has 3 rings (SSSR count). The topological polar surface area (TPSA) is 45.2 Å². The molecule has 1 N–H and O–H groups in total. The van der Waals surface area contributed by atoms with Crippen molar-refractivity contribution in [2.45, 2.75) is 31.8 Å². The molecule has 6 heteroatoms. The van der Waals surface area contributed by atoms with E-state index in [9.17, 15) is 13.6 Å². The number of carbonyl (C=O) groups is 1. The average molecular weight is 345 g/mol. The fourth-order valence-electron chi connectivity index (χ4n) is 3.18. The number of halogens is 2. The lowest BCUT2D eigenvalue weighted by Gasteiger charge is -2.33. The first kappa shape index (κ1) is 17.5. The quantitative estimate of drug-likeness (QED) is 0.906. The summed E-state index contributed by atoms with van der Waals surface area (Å²) in [6.07, 6.45) is 5.42. The maximum atomic E-state index is 13.7. The van der Waals surface area contributed by atoms with E-state index in [4.69, 9.17) is 0 Å². The van der Waals surface area contributed by atoms with Gasteiger partial charge in [0.05, 0.1) is 6.42 Å². The number of amides is 1. The van der Waals surface area contributed by atoms with Crippen LogP contribution < -0.4 is 5.32 Å². The van der Waals surface area contributed by atoms with Crippen LogP contribution in [0.3, 0.4) is 0 Å². The maximum absolute atomic E-state index is 13.7. The van der Waals surface area contributed by atoms with Gasteiger partial charge in [0.1, 0.15) is 11.6 Å². The van der Waals surface area contributed by atoms with Crippen LogP contribution in [0.5, 0.6) is 0 Å². The summed E-state index contributed by atoms with van der Waals surface area (Å²) in [6.45, 7) is 2.53. The van der Waals surface area contributed by atoms with Crippen LogP contribution in [0.15, 0.2) is 42.7 Å². The highest BCUT2D eigenvalue weighted by Crippen LogP contribution is 2.14. The molecule has 2 aromatic rings. The number of rotatable bonds is 5. The van der Waals surface area contributed by atoms with Gasteiger partial charge >= 0.3 is 0 Å². The predicted octanol–water partition coefficient (Wildman–Crippen LogP) is 2.68. The number of likely N-dealkylation sites (tertiary alicyclic amines) is 1. The summed E-state index contributed by atoms with van der Waals surface area (Å²) >= 11 is 0. The van der Waals surface area contributed by atoms with Gasteiger partial charge in [0, 0.05) is 37.6 Å². The molecule has 1 aromatic heterocycles. The first-order valence-corrected chi connectivity index (χ1v) is 8.45. The molecule has 1 atom stereocenters. The highest BCUT2D eigenvalue weighted by Gasteiger charge is 2.22. The zero-order valence-electron chi connectivity index (χ0n) is 13.9. The summed E-state index contributed by atoms with van der Waals surface area (Å²) < 4.78 is 26.6. The highest BCUT2D eigenvalue weighted by atomic mass is 19.1. The van der Waals surface area contributed by atoms with E-state index in [0.29, 0.717) is 0 Å². The molecule has 1 aliphatic rings. The third kappa shape index (κ3) is 5.06. The second kappa shape index (κ2) is 8.16. The molecular formula is C19H21F2N3O. The summed E-state index contributed by atoms with van der Waals surface area (Å²) in [5.74, 6) is -1.56. The highest BCUT2D eigenvalue weighted by molar-refractivity contribution is 5.78. The molecule has 1 unspecified atom stereocenters. The van der Waals surface area contributed by atoms with Gasteiger partial charge in [0.2, 0.25) is 5.91 Å². The van der Waals surface area contributed by atoms with Crippen molar-refractivity contribution >= 4 is 5.91 Å². The van der Waals surface area contributed by atoms with Gasteiger partial charge in [0.25, 0.3) is 0 Å². The minimum absolute atomic E-state index is 0.0430. The molecule has 0 saturated carbocycles. The number of benzene rings is 1. The number of pyridine rings is 1. The molecule has 1 aromatic carbocycles. The van der Waals surface area contributed by atoms with E-state index < -0.39 is 11.6 Å². The van der Waals surface area contributed by atoms with E-state index in [1.54, 1.807) is 6.20 Å². The Morgan fingerprint density at radius 1 is 1.32 bits per heavy atom. The predicted molar refractivity (Wildman–Crippen MR) is 90.7 cm³/mol. The van der Waals surface area contributed by atoms with E-state index in [1.807, 2.05) is 18.3 Å². The minimum atomic E-state index is -0.683. The third-order valence-electron chi connectivity index (χ3n) is 4.37. The minimum Gasteiger partial charge on any atom is -0.352 e. The van der Waals surface area contributed by atoms with E-state index in [2.05, 4.69) is 15.2 Å². The normalized spacial score (nSPS) is 18.1. The Kier molecular flexibility index (Phi) is 5.71. The van der Waals surface area contributed by atoms with Crippen LogP contribution in [0, 0.1) is 11.6 Å². The fourth-order valence-corrected chi connectivity index (χ4v) is 3.18. The van der Waals surface area contributed by atoms with Gasteiger partial charge in [-0.25, -0.2) is 8.78 Å². The maximum Gasteiger partial charge on any atom is 0.224 e. The first-order valence-electron chi connectivity index (χ1n) is 8.45. The SMILES string of the molecule is O=C(Cc1ccc(F)cc1F)NC1CCCN(Cc2cccnc2)C1. The lowest BCUT2D eigenvalue weighted by molar-refractivity contribution is -0.121. The molecular weight excluding hydrogens is 324 g/mol. The third-order valence-corrected chi connectivity index (χ3v) is 4.37. The second-order valence-corrected chi connectivity index (χ2v) is 6.42. The van der Waals surface area contributed by atoms with Crippen molar-refractivity contribution < 1.29 is 13.6 Å². The molecule has 1 saturated heterocycles. The largest absolute Gasteiger partial charge is 0.352 e. The molecule has 0 aliphatic carbocycles. The standard InChI is InChI=1S/C19H21F2N3O/c20-16-6-5-15(18(21)10-16)9-19(25)23-17-4-2-8-24(13-17)12-14-3-1-7-22-11-14/h1,3,5-7,10-11,17H,2,4,8-9,12-13H2,(H,23,25). The zero-order chi connectivity index (χ0) is 17.6. The molecule has 132 valence electrons. The van der Waals surface area contributed by atoms with Crippen molar-refractivity contribution in [3.05, 3.63) is 65.5 Å². The average Bonchev–Trinajstić information content (AvgIpc) is 2.59. The number of aromatic nitrogens is 1. The molecule has 1 aliphatic heterocycles. The number of carbonyl (C=O) groups excluding carboxylic acids is 1. The van der Waals surface area contributed by atoms with E-state index in [0.717, 1.165) is 44.1 Å². The van der Waals surface area contributed by atoms with Gasteiger partial charge in [-0.1, -0.05) is 12.1 Å². The van der Waals surface area contributed by atoms with Crippen molar-refractivity contribution in [2.75, 3.05) is 13.1 Å². The molecule has 25 heavy (non-hydrogen) atoms. The Bertz CT molecular complexity index is 724. The molecule has 0 radical (unpaired) electrons.